The molecule has 1 heterocycles. The van der Waals surface area contributed by atoms with Gasteiger partial charge in [0.2, 0.25) is 16.9 Å². The van der Waals surface area contributed by atoms with Gasteiger partial charge in [-0.2, -0.15) is 0 Å². The number of hydrogen-bond donors (Lipinski definition) is 5. The largest absolute Gasteiger partial charge is 0.354 e. The number of amides is 2. The normalized spacial score (nSPS) is 26.7. The van der Waals surface area contributed by atoms with E-state index >= 15 is 0 Å². The lowest BCUT2D eigenvalue weighted by Gasteiger charge is -2.19. The van der Waals surface area contributed by atoms with Gasteiger partial charge < -0.3 is 16.4 Å². The Morgan fingerprint density at radius 3 is 2.32 bits per heavy atom. The maximum atomic E-state index is 11.6. The first-order chi connectivity index (χ1) is 8.90. The van der Waals surface area contributed by atoms with E-state index in [1.165, 1.54) is 0 Å². The number of nitrogens with two attached hydrogens (primary N) is 1. The highest BCUT2D eigenvalue weighted by Gasteiger charge is 2.22. The molecule has 2 atom stereocenters. The zero-order valence-corrected chi connectivity index (χ0v) is 11.0. The van der Waals surface area contributed by atoms with Gasteiger partial charge in [-0.05, 0) is 0 Å². The van der Waals surface area contributed by atoms with Gasteiger partial charge in [-0.3, -0.25) is 24.5 Å². The van der Waals surface area contributed by atoms with Crippen molar-refractivity contribution in [3.8, 4) is 0 Å². The van der Waals surface area contributed by atoms with Crippen molar-refractivity contribution in [2.24, 2.45) is 5.73 Å². The van der Waals surface area contributed by atoms with Crippen molar-refractivity contribution < 1.29 is 19.2 Å². The van der Waals surface area contributed by atoms with Crippen molar-refractivity contribution in [2.75, 3.05) is 19.6 Å². The van der Waals surface area contributed by atoms with Crippen LogP contribution in [0.2, 0.25) is 0 Å². The third-order valence-electron chi connectivity index (χ3n) is 2.58. The quantitative estimate of drug-likeness (QED) is 0.257. The van der Waals surface area contributed by atoms with Gasteiger partial charge in [-0.25, -0.2) is 0 Å². The number of thiol groups is 1. The lowest BCUT2D eigenvalue weighted by molar-refractivity contribution is -0.129. The number of hydrogen-bond acceptors (Lipinski definition) is 6. The van der Waals surface area contributed by atoms with Crippen molar-refractivity contribution in [3.63, 3.8) is 0 Å². The summed E-state index contributed by atoms with van der Waals surface area (Å²) in [6.07, 6.45) is -0.381. The maximum absolute atomic E-state index is 11.6. The Hall–Kier alpha value is -1.45. The van der Waals surface area contributed by atoms with Gasteiger partial charge in [-0.1, -0.05) is 0 Å². The second kappa shape index (κ2) is 7.22. The summed E-state index contributed by atoms with van der Waals surface area (Å²) in [6, 6.07) is -1.68. The molecule has 1 aliphatic heterocycles. The Labute approximate surface area is 115 Å². The molecule has 0 aromatic rings. The van der Waals surface area contributed by atoms with Crippen LogP contribution in [0, 0.1) is 0 Å². The van der Waals surface area contributed by atoms with E-state index in [0.717, 1.165) is 0 Å². The van der Waals surface area contributed by atoms with Crippen LogP contribution in [-0.4, -0.2) is 54.4 Å². The fourth-order valence-corrected chi connectivity index (χ4v) is 1.61. The highest BCUT2D eigenvalue weighted by atomic mass is 32.1. The average Bonchev–Trinajstić information content (AvgIpc) is 2.33. The first kappa shape index (κ1) is 15.6. The Kier molecular flexibility index (Phi) is 5.93. The van der Waals surface area contributed by atoms with E-state index < -0.39 is 29.0 Å². The summed E-state index contributed by atoms with van der Waals surface area (Å²) in [5.41, 5.74) is 5.57. The van der Waals surface area contributed by atoms with Gasteiger partial charge in [0, 0.05) is 13.1 Å². The summed E-state index contributed by atoms with van der Waals surface area (Å²) in [6.45, 7) is -0.229. The molecule has 0 aromatic heterocycles. The predicted octanol–water partition coefficient (Wildman–Crippen LogP) is -3.07. The Morgan fingerprint density at radius 2 is 1.74 bits per heavy atom. The molecule has 9 heteroatoms. The average molecular weight is 288 g/mol. The van der Waals surface area contributed by atoms with Crippen LogP contribution < -0.4 is 21.7 Å². The number of carbonyl (C=O) groups is 4. The lowest BCUT2D eigenvalue weighted by atomic mass is 10.1. The summed E-state index contributed by atoms with van der Waals surface area (Å²) in [5.74, 6) is -1.38. The van der Waals surface area contributed by atoms with Crippen LogP contribution in [-0.2, 0) is 19.2 Å². The number of rotatable bonds is 1. The summed E-state index contributed by atoms with van der Waals surface area (Å²) in [5, 5.41) is 6.96. The molecule has 1 rings (SSSR count). The first-order valence-corrected chi connectivity index (χ1v) is 6.12. The molecule has 19 heavy (non-hydrogen) atoms. The van der Waals surface area contributed by atoms with Crippen molar-refractivity contribution in [1.82, 2.24) is 16.0 Å². The number of Topliss-reactive ketones (excluding diaryl/α,β-unsaturated/α-hetero) is 1. The van der Waals surface area contributed by atoms with Crippen molar-refractivity contribution in [1.29, 1.82) is 0 Å². The molecule has 0 aliphatic carbocycles. The van der Waals surface area contributed by atoms with Crippen LogP contribution in [0.5, 0.6) is 0 Å². The topological polar surface area (TPSA) is 130 Å². The molecule has 1 aliphatic rings. The van der Waals surface area contributed by atoms with E-state index in [1.807, 2.05) is 0 Å². The van der Waals surface area contributed by atoms with E-state index in [9.17, 15) is 19.2 Å². The van der Waals surface area contributed by atoms with Gasteiger partial charge in [-0.15, -0.1) is 12.6 Å². The summed E-state index contributed by atoms with van der Waals surface area (Å²) >= 11 is 3.66. The number of nitrogens with one attached hydrogen (secondary N) is 3. The summed E-state index contributed by atoms with van der Waals surface area (Å²) in [7, 11) is 0. The molecule has 1 saturated heterocycles. The number of carbonyl (C=O) groups excluding carboxylic acids is 4. The predicted molar refractivity (Wildman–Crippen MR) is 69.4 cm³/mol. The van der Waals surface area contributed by atoms with E-state index in [2.05, 4.69) is 28.6 Å². The lowest BCUT2D eigenvalue weighted by Crippen LogP contribution is -2.52. The SMILES string of the molecule is NC1CNC(=O)CC(=O)NCC(C(=O)S)NCC1=O. The monoisotopic (exact) mass is 288 g/mol. The minimum absolute atomic E-state index is 0.0447. The molecule has 106 valence electrons. The van der Waals surface area contributed by atoms with Crippen LogP contribution in [0.25, 0.3) is 0 Å². The third-order valence-corrected chi connectivity index (χ3v) is 2.89. The molecule has 0 bridgehead atoms. The molecule has 0 aromatic carbocycles. The van der Waals surface area contributed by atoms with Gasteiger partial charge in [0.25, 0.3) is 0 Å². The zero-order chi connectivity index (χ0) is 14.4. The molecule has 1 fully saturated rings. The van der Waals surface area contributed by atoms with Gasteiger partial charge in [0.1, 0.15) is 6.42 Å². The summed E-state index contributed by atoms with van der Waals surface area (Å²) in [4.78, 5) is 45.5. The van der Waals surface area contributed by atoms with E-state index in [4.69, 9.17) is 5.73 Å². The highest BCUT2D eigenvalue weighted by Crippen LogP contribution is 1.93. The molecule has 8 nitrogen and oxygen atoms in total. The molecule has 0 saturated carbocycles. The molecule has 2 amide bonds. The van der Waals surface area contributed by atoms with Gasteiger partial charge >= 0.3 is 0 Å². The minimum Gasteiger partial charge on any atom is -0.354 e. The molecule has 0 radical (unpaired) electrons. The standard InChI is InChI=1S/C10H16N4O4S/c11-5-2-13-8(16)1-9(17)14-3-6(10(18)19)12-4-7(5)15/h5-6,12H,1-4,11H2,(H,13,16)(H,14,17)(H,18,19). The smallest absolute Gasteiger partial charge is 0.229 e. The third kappa shape index (κ3) is 5.37. The molecular weight excluding hydrogens is 272 g/mol. The van der Waals surface area contributed by atoms with Crippen LogP contribution in [0.1, 0.15) is 6.42 Å². The summed E-state index contributed by atoms with van der Waals surface area (Å²) < 4.78 is 0. The second-order valence-corrected chi connectivity index (χ2v) is 4.57. The van der Waals surface area contributed by atoms with Gasteiger partial charge in [0.05, 0.1) is 18.6 Å². The Morgan fingerprint density at radius 1 is 1.16 bits per heavy atom. The van der Waals surface area contributed by atoms with E-state index in [0.29, 0.717) is 0 Å². The van der Waals surface area contributed by atoms with Crippen LogP contribution in [0.4, 0.5) is 0 Å². The first-order valence-electron chi connectivity index (χ1n) is 5.68. The van der Waals surface area contributed by atoms with Crippen molar-refractivity contribution >= 4 is 35.3 Å². The van der Waals surface area contributed by atoms with Crippen LogP contribution in [0.3, 0.4) is 0 Å². The molecule has 5 N–H and O–H groups in total. The van der Waals surface area contributed by atoms with E-state index in [-0.39, 0.29) is 31.8 Å². The second-order valence-electron chi connectivity index (χ2n) is 4.13. The van der Waals surface area contributed by atoms with Gasteiger partial charge in [0.15, 0.2) is 5.78 Å². The van der Waals surface area contributed by atoms with Crippen molar-refractivity contribution in [3.05, 3.63) is 0 Å². The number of ketones is 1. The zero-order valence-electron chi connectivity index (χ0n) is 10.1. The molecule has 0 spiro atoms. The fraction of sp³-hybridized carbons (Fsp3) is 0.600. The van der Waals surface area contributed by atoms with Crippen molar-refractivity contribution in [2.45, 2.75) is 18.5 Å². The molecule has 2 unspecified atom stereocenters. The van der Waals surface area contributed by atoms with Crippen LogP contribution in [0.15, 0.2) is 0 Å². The fourth-order valence-electron chi connectivity index (χ4n) is 1.43. The highest BCUT2D eigenvalue weighted by molar-refractivity contribution is 7.96. The van der Waals surface area contributed by atoms with Crippen LogP contribution >= 0.6 is 12.6 Å². The molecular formula is C10H16N4O4S. The Bertz CT molecular complexity index is 401. The minimum atomic E-state index is -0.880. The Balaban J connectivity index is 2.72. The van der Waals surface area contributed by atoms with E-state index in [1.54, 1.807) is 0 Å². The maximum Gasteiger partial charge on any atom is 0.229 e.